The van der Waals surface area contributed by atoms with Crippen molar-refractivity contribution in [3.05, 3.63) is 60.0 Å². The lowest BCUT2D eigenvalue weighted by Gasteiger charge is -1.99. The van der Waals surface area contributed by atoms with Crippen LogP contribution in [0.3, 0.4) is 0 Å². The first-order chi connectivity index (χ1) is 10.6. The summed E-state index contributed by atoms with van der Waals surface area (Å²) in [7, 11) is 0. The van der Waals surface area contributed by atoms with Crippen LogP contribution in [0.2, 0.25) is 0 Å². The molecule has 4 rings (SSSR count). The lowest BCUT2D eigenvalue weighted by atomic mass is 10.1. The van der Waals surface area contributed by atoms with Crippen LogP contribution in [-0.4, -0.2) is 9.38 Å². The van der Waals surface area contributed by atoms with Crippen LogP contribution in [-0.2, 0) is 0 Å². The Balaban J connectivity index is 2.08. The Morgan fingerprint density at radius 1 is 1.14 bits per heavy atom. The first kappa shape index (κ1) is 13.7. The molecule has 0 bridgehead atoms. The molecule has 3 aromatic heterocycles. The van der Waals surface area contributed by atoms with Crippen molar-refractivity contribution in [1.29, 1.82) is 0 Å². The van der Waals surface area contributed by atoms with Gasteiger partial charge in [-0.3, -0.25) is 4.79 Å². The van der Waals surface area contributed by atoms with Crippen molar-refractivity contribution in [2.24, 2.45) is 0 Å². The number of thiophene rings is 1. The molecule has 0 N–H and O–H groups in total. The molecule has 0 amide bonds. The Morgan fingerprint density at radius 2 is 1.95 bits per heavy atom. The van der Waals surface area contributed by atoms with Gasteiger partial charge in [0.05, 0.1) is 15.6 Å². The monoisotopic (exact) mass is 326 g/mol. The second-order valence-electron chi connectivity index (χ2n) is 5.49. The molecule has 0 unspecified atom stereocenters. The third-order valence-electron chi connectivity index (χ3n) is 4.10. The molecular weight excluding hydrogens is 312 g/mol. The molecule has 0 saturated heterocycles. The van der Waals surface area contributed by atoms with E-state index >= 15 is 0 Å². The standard InChI is InChI=1S/C17H14N2OS2/c1-9-4-5-12-15(11(9)3)18-17-19(12)16(20)14(22-17)8-13-10(2)6-7-21-13/h4-8H,1-3H3/b14-8+. The van der Waals surface area contributed by atoms with Crippen molar-refractivity contribution in [2.45, 2.75) is 20.8 Å². The number of thiazole rings is 1. The summed E-state index contributed by atoms with van der Waals surface area (Å²) in [6.07, 6.45) is 1.98. The summed E-state index contributed by atoms with van der Waals surface area (Å²) in [6, 6.07) is 6.11. The maximum atomic E-state index is 12.7. The van der Waals surface area contributed by atoms with Crippen LogP contribution in [0, 0.1) is 20.8 Å². The predicted molar refractivity (Wildman–Crippen MR) is 94.2 cm³/mol. The minimum atomic E-state index is 0.0264. The van der Waals surface area contributed by atoms with E-state index in [0.717, 1.165) is 31.0 Å². The van der Waals surface area contributed by atoms with Crippen molar-refractivity contribution in [2.75, 3.05) is 0 Å². The second-order valence-corrected chi connectivity index (χ2v) is 7.45. The molecule has 0 aliphatic heterocycles. The third kappa shape index (κ3) is 1.86. The van der Waals surface area contributed by atoms with Crippen LogP contribution >= 0.6 is 22.7 Å². The summed E-state index contributed by atoms with van der Waals surface area (Å²) in [5, 5.41) is 2.05. The van der Waals surface area contributed by atoms with Gasteiger partial charge in [-0.25, -0.2) is 9.38 Å². The van der Waals surface area contributed by atoms with E-state index in [4.69, 9.17) is 0 Å². The number of aryl methyl sites for hydroxylation is 3. The van der Waals surface area contributed by atoms with E-state index in [0.29, 0.717) is 0 Å². The lowest BCUT2D eigenvalue weighted by molar-refractivity contribution is 1.19. The van der Waals surface area contributed by atoms with E-state index in [2.05, 4.69) is 37.9 Å². The quantitative estimate of drug-likeness (QED) is 0.537. The average molecular weight is 326 g/mol. The normalized spacial score (nSPS) is 12.8. The molecule has 0 radical (unpaired) electrons. The van der Waals surface area contributed by atoms with Crippen LogP contribution in [0.5, 0.6) is 0 Å². The van der Waals surface area contributed by atoms with Crippen molar-refractivity contribution >= 4 is 44.7 Å². The summed E-state index contributed by atoms with van der Waals surface area (Å²) in [4.78, 5) is 19.3. The Morgan fingerprint density at radius 3 is 2.68 bits per heavy atom. The minimum absolute atomic E-state index is 0.0264. The lowest BCUT2D eigenvalue weighted by Crippen LogP contribution is -2.22. The maximum absolute atomic E-state index is 12.7. The molecule has 0 fully saturated rings. The molecular formula is C17H14N2OS2. The highest BCUT2D eigenvalue weighted by atomic mass is 32.1. The molecule has 3 nitrogen and oxygen atoms in total. The van der Waals surface area contributed by atoms with E-state index in [-0.39, 0.29) is 5.56 Å². The molecule has 1 aromatic carbocycles. The number of rotatable bonds is 1. The average Bonchev–Trinajstić information content (AvgIpc) is 3.13. The highest BCUT2D eigenvalue weighted by Crippen LogP contribution is 2.22. The van der Waals surface area contributed by atoms with Crippen molar-refractivity contribution in [1.82, 2.24) is 9.38 Å². The Kier molecular flexibility index (Phi) is 2.96. The smallest absolute Gasteiger partial charge is 0.267 e. The van der Waals surface area contributed by atoms with Crippen LogP contribution in [0.1, 0.15) is 21.6 Å². The number of benzene rings is 1. The van der Waals surface area contributed by atoms with Gasteiger partial charge < -0.3 is 0 Å². The maximum Gasteiger partial charge on any atom is 0.274 e. The highest BCUT2D eigenvalue weighted by Gasteiger charge is 2.13. The summed E-state index contributed by atoms with van der Waals surface area (Å²) in [5.74, 6) is 0. The van der Waals surface area contributed by atoms with Gasteiger partial charge >= 0.3 is 0 Å². The molecule has 4 aromatic rings. The summed E-state index contributed by atoms with van der Waals surface area (Å²) in [5.41, 5.74) is 5.41. The molecule has 0 atom stereocenters. The number of imidazole rings is 1. The SMILES string of the molecule is Cc1ccsc1/C=c1/sc2nc3c(C)c(C)ccc3n2c1=O. The van der Waals surface area contributed by atoms with E-state index in [1.807, 2.05) is 17.5 Å². The van der Waals surface area contributed by atoms with Gasteiger partial charge in [-0.1, -0.05) is 17.4 Å². The van der Waals surface area contributed by atoms with Gasteiger partial charge in [0.2, 0.25) is 0 Å². The summed E-state index contributed by atoms with van der Waals surface area (Å²) in [6.45, 7) is 6.19. The van der Waals surface area contributed by atoms with E-state index in [9.17, 15) is 4.79 Å². The summed E-state index contributed by atoms with van der Waals surface area (Å²) >= 11 is 3.12. The minimum Gasteiger partial charge on any atom is -0.267 e. The molecule has 0 aliphatic carbocycles. The van der Waals surface area contributed by atoms with Crippen molar-refractivity contribution in [3.8, 4) is 0 Å². The highest BCUT2D eigenvalue weighted by molar-refractivity contribution is 7.15. The van der Waals surface area contributed by atoms with Gasteiger partial charge in [0.15, 0.2) is 4.96 Å². The Bertz CT molecular complexity index is 1130. The molecule has 0 saturated carbocycles. The van der Waals surface area contributed by atoms with Crippen LogP contribution in [0.25, 0.3) is 22.1 Å². The topological polar surface area (TPSA) is 34.4 Å². The number of fused-ring (bicyclic) bond motifs is 3. The number of nitrogens with zero attached hydrogens (tertiary/aromatic N) is 2. The molecule has 0 aliphatic rings. The van der Waals surface area contributed by atoms with Crippen molar-refractivity contribution in [3.63, 3.8) is 0 Å². The zero-order chi connectivity index (χ0) is 15.4. The summed E-state index contributed by atoms with van der Waals surface area (Å²) < 4.78 is 2.48. The fourth-order valence-corrected chi connectivity index (χ4v) is 4.51. The van der Waals surface area contributed by atoms with Crippen molar-refractivity contribution < 1.29 is 0 Å². The largest absolute Gasteiger partial charge is 0.274 e. The van der Waals surface area contributed by atoms with E-state index < -0.39 is 0 Å². The fraction of sp³-hybridized carbons (Fsp3) is 0.176. The van der Waals surface area contributed by atoms with Gasteiger partial charge in [0.1, 0.15) is 0 Å². The third-order valence-corrected chi connectivity index (χ3v) is 6.03. The van der Waals surface area contributed by atoms with Gasteiger partial charge in [-0.15, -0.1) is 11.3 Å². The number of hydrogen-bond acceptors (Lipinski definition) is 4. The number of aromatic nitrogens is 2. The Labute approximate surface area is 135 Å². The van der Waals surface area contributed by atoms with Crippen LogP contribution in [0.15, 0.2) is 28.4 Å². The van der Waals surface area contributed by atoms with Gasteiger partial charge in [0.25, 0.3) is 5.56 Å². The van der Waals surface area contributed by atoms with Crippen LogP contribution < -0.4 is 10.1 Å². The van der Waals surface area contributed by atoms with Crippen LogP contribution in [0.4, 0.5) is 0 Å². The molecule has 0 spiro atoms. The van der Waals surface area contributed by atoms with Gasteiger partial charge in [-0.05, 0) is 61.1 Å². The zero-order valence-corrected chi connectivity index (χ0v) is 14.1. The van der Waals surface area contributed by atoms with E-state index in [1.165, 1.54) is 22.5 Å². The predicted octanol–water partition coefficient (Wildman–Crippen LogP) is 3.44. The zero-order valence-electron chi connectivity index (χ0n) is 12.5. The van der Waals surface area contributed by atoms with E-state index in [1.54, 1.807) is 15.7 Å². The second kappa shape index (κ2) is 4.76. The molecule has 5 heteroatoms. The fourth-order valence-electron chi connectivity index (χ4n) is 2.62. The number of hydrogen-bond donors (Lipinski definition) is 0. The first-order valence-electron chi connectivity index (χ1n) is 7.03. The first-order valence-corrected chi connectivity index (χ1v) is 8.73. The molecule has 22 heavy (non-hydrogen) atoms. The van der Waals surface area contributed by atoms with Gasteiger partial charge in [-0.2, -0.15) is 0 Å². The molecule has 3 heterocycles. The van der Waals surface area contributed by atoms with Gasteiger partial charge in [0, 0.05) is 4.88 Å². The molecule has 110 valence electrons. The Hall–Kier alpha value is -1.98.